The highest BCUT2D eigenvalue weighted by atomic mass is 16.5. The molecule has 0 saturated heterocycles. The topological polar surface area (TPSA) is 638 Å². The molecular weight excluding hydrogens is 1790 g/mol. The fourth-order valence-corrected chi connectivity index (χ4v) is 14.7. The third kappa shape index (κ3) is 61.2. The predicted octanol–water partition coefficient (Wildman–Crippen LogP) is 11.1. The van der Waals surface area contributed by atoms with E-state index < -0.39 is 101 Å². The summed E-state index contributed by atoms with van der Waals surface area (Å²) in [4.78, 5) is 222. The molecule has 3 aromatic rings. The number of rotatable bonds is 81. The Morgan fingerprint density at radius 2 is 0.790 bits per heavy atom. The molecule has 0 spiro atoms. The number of nitrogens with one attached hydrogen (secondary N) is 8. The molecule has 0 radical (unpaired) electrons. The van der Waals surface area contributed by atoms with Gasteiger partial charge in [0, 0.05) is 108 Å². The molecule has 38 heteroatoms. The lowest BCUT2D eigenvalue weighted by Crippen LogP contribution is -2.54. The number of H-pyrrole nitrogens is 1. The minimum atomic E-state index is -1.31. The van der Waals surface area contributed by atoms with E-state index in [1.54, 1.807) is 58.3 Å². The van der Waals surface area contributed by atoms with Gasteiger partial charge in [0.1, 0.15) is 52.5 Å². The smallest absolute Gasteiger partial charge is 0.335 e. The summed E-state index contributed by atoms with van der Waals surface area (Å²) in [7, 11) is 1.74. The van der Waals surface area contributed by atoms with E-state index in [4.69, 9.17) is 36.9 Å². The number of amides is 6. The summed E-state index contributed by atoms with van der Waals surface area (Å²) >= 11 is 0. The van der Waals surface area contributed by atoms with Gasteiger partial charge < -0.3 is 99.5 Å². The van der Waals surface area contributed by atoms with E-state index in [-0.39, 0.29) is 159 Å². The fourth-order valence-electron chi connectivity index (χ4n) is 14.7. The van der Waals surface area contributed by atoms with Crippen LogP contribution in [-0.4, -0.2) is 228 Å². The molecule has 0 aliphatic heterocycles. The number of nitrogens with two attached hydrogens (primary N) is 3. The van der Waals surface area contributed by atoms with Gasteiger partial charge in [-0.1, -0.05) is 110 Å². The maximum absolute atomic E-state index is 12.6. The maximum atomic E-state index is 12.6. The number of Topliss-reactive ketones (excluding diaryl/α,β-unsaturated/α-hetero) is 6. The number of aliphatic carboxylic acids is 4. The molecule has 38 nitrogen and oxygen atoms in total. The van der Waals surface area contributed by atoms with E-state index in [0.717, 1.165) is 134 Å². The van der Waals surface area contributed by atoms with Crippen molar-refractivity contribution in [2.24, 2.45) is 35.0 Å². The number of nitrogens with zero attached hydrogens (tertiary/aromatic N) is 1. The van der Waals surface area contributed by atoms with Crippen molar-refractivity contribution in [1.29, 1.82) is 0 Å². The van der Waals surface area contributed by atoms with Crippen LogP contribution in [0.5, 0.6) is 11.5 Å². The van der Waals surface area contributed by atoms with Crippen LogP contribution in [0.1, 0.15) is 350 Å². The molecule has 3 rings (SSSR count). The molecule has 9 atom stereocenters. The first kappa shape index (κ1) is 125. The molecule has 776 valence electrons. The van der Waals surface area contributed by atoms with Gasteiger partial charge in [0.05, 0.1) is 72.2 Å². The second kappa shape index (κ2) is 74.8. The van der Waals surface area contributed by atoms with Crippen molar-refractivity contribution in [1.82, 2.24) is 47.2 Å². The second-order valence-corrected chi connectivity index (χ2v) is 35.8. The Labute approximate surface area is 812 Å². The van der Waals surface area contributed by atoms with Crippen LogP contribution in [0.2, 0.25) is 0 Å². The lowest BCUT2D eigenvalue weighted by atomic mass is 9.93. The lowest BCUT2D eigenvalue weighted by molar-refractivity contribution is -0.145. The van der Waals surface area contributed by atoms with Crippen LogP contribution in [0.25, 0.3) is 0 Å². The van der Waals surface area contributed by atoms with E-state index in [0.29, 0.717) is 121 Å². The van der Waals surface area contributed by atoms with Crippen molar-refractivity contribution < 1.29 is 126 Å². The number of hydrogen-bond donors (Lipinski definition) is 17. The number of carbonyl (C=O) groups is 18. The van der Waals surface area contributed by atoms with Crippen LogP contribution in [0.15, 0.2) is 61.1 Å². The van der Waals surface area contributed by atoms with Gasteiger partial charge in [0.15, 0.2) is 5.78 Å². The number of carbonyl (C=O) groups excluding carboxylic acids is 12. The van der Waals surface area contributed by atoms with Crippen molar-refractivity contribution in [3.8, 4) is 11.5 Å². The highest BCUT2D eigenvalue weighted by Gasteiger charge is 2.31. The number of carboxylic acid groups (broad SMARTS) is 6. The highest BCUT2D eigenvalue weighted by Crippen LogP contribution is 2.23. The average molecular weight is 1950 g/mol. The lowest BCUT2D eigenvalue weighted by Gasteiger charge is -2.24. The zero-order valence-electron chi connectivity index (χ0n) is 82.4. The zero-order chi connectivity index (χ0) is 103. The van der Waals surface area contributed by atoms with Crippen LogP contribution in [-0.2, 0) is 83.1 Å². The van der Waals surface area contributed by atoms with Gasteiger partial charge in [0.25, 0.3) is 0 Å². The molecule has 1 heterocycles. The molecule has 0 fully saturated rings. The summed E-state index contributed by atoms with van der Waals surface area (Å²) in [6.45, 7) is 12.5. The molecule has 1 aromatic heterocycles. The van der Waals surface area contributed by atoms with E-state index in [1.807, 2.05) is 13.8 Å². The molecule has 2 aromatic carbocycles. The van der Waals surface area contributed by atoms with E-state index in [2.05, 4.69) is 47.2 Å². The van der Waals surface area contributed by atoms with Crippen molar-refractivity contribution in [3.05, 3.63) is 77.9 Å². The molecule has 0 unspecified atom stereocenters. The Morgan fingerprint density at radius 3 is 1.20 bits per heavy atom. The predicted molar refractivity (Wildman–Crippen MR) is 519 cm³/mol. The van der Waals surface area contributed by atoms with Gasteiger partial charge in [-0.2, -0.15) is 0 Å². The first-order chi connectivity index (χ1) is 65.6. The number of likely N-dealkylation sites (N-methyl/N-ethyl adjacent to an activating group) is 1. The van der Waals surface area contributed by atoms with E-state index in [1.165, 1.54) is 37.5 Å². The first-order valence-electron chi connectivity index (χ1n) is 49.2. The Bertz CT molecular complexity index is 4150. The van der Waals surface area contributed by atoms with Crippen LogP contribution < -0.4 is 63.9 Å². The Kier molecular flexibility index (Phi) is 67.6. The van der Waals surface area contributed by atoms with Crippen molar-refractivity contribution in [3.63, 3.8) is 0 Å². The normalized spacial score (nSPS) is 13.0. The van der Waals surface area contributed by atoms with Crippen molar-refractivity contribution in [2.45, 2.75) is 372 Å². The Morgan fingerprint density at radius 1 is 0.399 bits per heavy atom. The van der Waals surface area contributed by atoms with Gasteiger partial charge >= 0.3 is 35.8 Å². The molecule has 20 N–H and O–H groups in total. The molecule has 0 bridgehead atoms. The molecule has 6 amide bonds. The van der Waals surface area contributed by atoms with Crippen molar-refractivity contribution >= 4 is 106 Å². The zero-order valence-corrected chi connectivity index (χ0v) is 82.4. The summed E-state index contributed by atoms with van der Waals surface area (Å²) in [5.74, 6) is -10.7. The summed E-state index contributed by atoms with van der Waals surface area (Å²) in [5, 5.41) is 75.2. The standard InChI is InChI=1S/C45H72N4O12.C44H70N4O12.C11H18N4O2/c1-3-32(39(51)4-2)17-12-14-29-48-42(54)37(46)18-13-15-28-47-40(52)27-22-34(44(57)58)31-35(50)23-26-38(45(59)60)49-41(53)19-11-9-7-5-6-8-10-16-30-61-36-24-20-33(21-25-36)43(55)56;1-31(49)38(46-2)19-13-14-28-47-41(53)37(45)18-12-9-11-16-34(50)23-26-39(44(58)59)48-40(52)27-22-33(43(56)57)30-35(51)17-10-7-5-3-4-6-8-15-29-60-36-24-20-32(21-25-36)42(54)55;1-7(16)11(2,3)15-10(17)9(12)4-8-5-13-6-14-8/h20-21,24-25,32,34,37-38H,3-19,22-23,26-31,46H2,1-2H3,(H,47,52)(H,48,54)(H,49,53)(H,55,56)(H,57,58)(H,59,60);20-21,24-25,33,37-39,46H,3-19,22-23,26-30,45H2,1-2H3,(H,47,53)(H,48,52)(H,54,55)(H,56,57)(H,58,59);5-6,9H,4,12H2,1-3H3,(H,13,14)(H,15,17)/t32-,34+,37-,38-;33-,37+,38+,39+;9-/m010/s1. The van der Waals surface area contributed by atoms with Gasteiger partial charge in [-0.25, -0.2) is 24.2 Å². The number of aromatic nitrogens is 2. The molecule has 0 aliphatic rings. The van der Waals surface area contributed by atoms with Crippen molar-refractivity contribution in [2.75, 3.05) is 39.9 Å². The largest absolute Gasteiger partial charge is 0.494 e. The average Bonchev–Trinajstić information content (AvgIpc) is 1.37. The van der Waals surface area contributed by atoms with Crippen LogP contribution in [0.4, 0.5) is 0 Å². The van der Waals surface area contributed by atoms with E-state index in [9.17, 15) is 107 Å². The second-order valence-electron chi connectivity index (χ2n) is 35.8. The number of unbranched alkanes of at least 4 members (excludes halogenated alkanes) is 19. The Hall–Kier alpha value is -11.3. The summed E-state index contributed by atoms with van der Waals surface area (Å²) in [5.41, 5.74) is 18.1. The van der Waals surface area contributed by atoms with Gasteiger partial charge in [0.2, 0.25) is 35.4 Å². The summed E-state index contributed by atoms with van der Waals surface area (Å²) in [6.07, 6.45) is 27.1. The number of carboxylic acids is 6. The SMILES string of the molecule is CC(=O)C(C)(C)NC(=O)[C@@H](N)Cc1cnc[nH]1.CCC(=O)[C@@H](CC)CCCCNC(=O)[C@@H](N)CCCCNC(=O)CC[C@H](CC(=O)CC[C@H](NC(=O)CCCCCCCCCCOc1ccc(C(=O)O)cc1)C(=O)O)C(=O)O.CN[C@@H](CCCCNC(=O)[C@@H](N)CCCCCC(=O)CC[C@H](NC(=O)CC[C@H](CC(=O)CCCCCCCCCCOc1ccc(C(=O)O)cc1)C(=O)O)C(=O)O)C(C)=O. The number of benzene rings is 2. The number of aromatic carboxylic acids is 2. The number of aromatic amines is 1. The highest BCUT2D eigenvalue weighted by molar-refractivity contribution is 5.93. The fraction of sp³-hybridized carbons (Fsp3) is 0.670. The number of imidazole rings is 1. The third-order valence-electron chi connectivity index (χ3n) is 23.9. The summed E-state index contributed by atoms with van der Waals surface area (Å²) < 4.78 is 11.3. The van der Waals surface area contributed by atoms with Gasteiger partial charge in [-0.15, -0.1) is 0 Å². The number of ether oxygens (including phenoxy) is 2. The van der Waals surface area contributed by atoms with Crippen LogP contribution in [0, 0.1) is 17.8 Å². The molecule has 138 heavy (non-hydrogen) atoms. The number of hydrogen-bond acceptors (Lipinski definition) is 25. The van der Waals surface area contributed by atoms with Crippen LogP contribution >= 0.6 is 0 Å². The minimum Gasteiger partial charge on any atom is -0.494 e. The summed E-state index contributed by atoms with van der Waals surface area (Å²) in [6, 6.07) is 7.77. The first-order valence-corrected chi connectivity index (χ1v) is 49.2. The molecular formula is C100H160N12O26. The quantitative estimate of drug-likeness (QED) is 0.0233. The monoisotopic (exact) mass is 1950 g/mol. The third-order valence-corrected chi connectivity index (χ3v) is 23.9. The van der Waals surface area contributed by atoms with Gasteiger partial charge in [-0.3, -0.25) is 67.1 Å². The van der Waals surface area contributed by atoms with E-state index >= 15 is 0 Å². The minimum absolute atomic E-state index is 0.0576. The van der Waals surface area contributed by atoms with Crippen LogP contribution in [0.3, 0.4) is 0 Å². The van der Waals surface area contributed by atoms with Gasteiger partial charge in [-0.05, 0) is 205 Å². The molecule has 0 aliphatic carbocycles. The Balaban J connectivity index is 0.00000117. The maximum Gasteiger partial charge on any atom is 0.335 e. The molecule has 0 saturated carbocycles. The number of ketones is 6.